The largest absolute Gasteiger partial charge is 0.508 e. The lowest BCUT2D eigenvalue weighted by molar-refractivity contribution is -0.147. The van der Waals surface area contributed by atoms with E-state index < -0.39 is 12.1 Å². The fraction of sp³-hybridized carbons (Fsp3) is 0.364. The Morgan fingerprint density at radius 3 is 2.73 bits per heavy atom. The van der Waals surface area contributed by atoms with E-state index in [1.54, 1.807) is 6.07 Å². The zero-order chi connectivity index (χ0) is 11.0. The molecule has 1 aromatic rings. The number of aliphatic hydroxyl groups excluding tert-OH is 1. The van der Waals surface area contributed by atoms with E-state index in [0.29, 0.717) is 0 Å². The highest BCUT2D eigenvalue weighted by molar-refractivity contribution is 5.76. The van der Waals surface area contributed by atoms with Gasteiger partial charge in [-0.15, -0.1) is 0 Å². The second kappa shape index (κ2) is 3.55. The third-order valence-corrected chi connectivity index (χ3v) is 2.81. The molecule has 1 atom stereocenters. The Balaban J connectivity index is 2.54. The Bertz CT molecular complexity index is 411. The number of benzene rings is 1. The number of phenols is 1. The number of phenolic OH excluding ortho intramolecular Hbond substituents is 1. The number of hydrogen-bond donors (Lipinski definition) is 3. The van der Waals surface area contributed by atoms with Crippen LogP contribution >= 0.6 is 0 Å². The van der Waals surface area contributed by atoms with Crippen LogP contribution in [0.2, 0.25) is 0 Å². The molecule has 15 heavy (non-hydrogen) atoms. The van der Waals surface area contributed by atoms with Crippen molar-refractivity contribution in [2.45, 2.75) is 25.4 Å². The number of rotatable bonds is 2. The van der Waals surface area contributed by atoms with Crippen LogP contribution in [0.5, 0.6) is 5.75 Å². The van der Waals surface area contributed by atoms with Crippen molar-refractivity contribution >= 4 is 5.97 Å². The minimum Gasteiger partial charge on any atom is -0.508 e. The second-order valence-corrected chi connectivity index (χ2v) is 3.73. The molecule has 0 radical (unpaired) electrons. The van der Waals surface area contributed by atoms with Gasteiger partial charge in [0.1, 0.15) is 5.75 Å². The molecule has 1 unspecified atom stereocenters. The Hall–Kier alpha value is -1.55. The first kappa shape index (κ1) is 9.98. The number of aromatic hydroxyl groups is 1. The van der Waals surface area contributed by atoms with E-state index in [1.807, 2.05) is 0 Å². The summed E-state index contributed by atoms with van der Waals surface area (Å²) in [4.78, 5) is 10.7. The lowest BCUT2D eigenvalue weighted by atomic mass is 9.98. The van der Waals surface area contributed by atoms with Gasteiger partial charge in [0, 0.05) is 5.56 Å². The molecule has 0 saturated carbocycles. The van der Waals surface area contributed by atoms with Gasteiger partial charge in [0.05, 0.1) is 0 Å². The van der Waals surface area contributed by atoms with Crippen LogP contribution in [0.1, 0.15) is 29.2 Å². The quantitative estimate of drug-likeness (QED) is 0.677. The van der Waals surface area contributed by atoms with Crippen LogP contribution in [0.15, 0.2) is 12.1 Å². The van der Waals surface area contributed by atoms with Crippen molar-refractivity contribution in [3.05, 3.63) is 28.8 Å². The number of aliphatic carboxylic acids is 1. The second-order valence-electron chi connectivity index (χ2n) is 3.73. The monoisotopic (exact) mass is 208 g/mol. The van der Waals surface area contributed by atoms with E-state index in [-0.39, 0.29) is 11.3 Å². The van der Waals surface area contributed by atoms with Crippen LogP contribution in [-0.2, 0) is 17.6 Å². The molecule has 0 aliphatic heterocycles. The minimum atomic E-state index is -1.63. The summed E-state index contributed by atoms with van der Waals surface area (Å²) in [7, 11) is 0. The fourth-order valence-corrected chi connectivity index (χ4v) is 2.11. The lowest BCUT2D eigenvalue weighted by Crippen LogP contribution is -2.13. The molecule has 0 aromatic heterocycles. The average Bonchev–Trinajstić information content (AvgIpc) is 2.64. The first-order valence-corrected chi connectivity index (χ1v) is 4.85. The number of fused-ring (bicyclic) bond motifs is 1. The predicted octanol–water partition coefficient (Wildman–Crippen LogP) is 0.999. The lowest BCUT2D eigenvalue weighted by Gasteiger charge is -2.13. The predicted molar refractivity (Wildman–Crippen MR) is 52.7 cm³/mol. The first-order chi connectivity index (χ1) is 7.11. The Labute approximate surface area is 86.8 Å². The molecule has 0 heterocycles. The third-order valence-electron chi connectivity index (χ3n) is 2.81. The van der Waals surface area contributed by atoms with Gasteiger partial charge in [-0.2, -0.15) is 0 Å². The zero-order valence-electron chi connectivity index (χ0n) is 8.10. The van der Waals surface area contributed by atoms with Crippen LogP contribution < -0.4 is 0 Å². The summed E-state index contributed by atoms with van der Waals surface area (Å²) in [5.74, 6) is -1.46. The maximum absolute atomic E-state index is 10.7. The van der Waals surface area contributed by atoms with Gasteiger partial charge in [-0.1, -0.05) is 6.07 Å². The summed E-state index contributed by atoms with van der Waals surface area (Å²) in [6.07, 6.45) is 0.925. The van der Waals surface area contributed by atoms with Crippen LogP contribution in [0, 0.1) is 0 Å². The number of carboxylic acids is 1. The van der Waals surface area contributed by atoms with Gasteiger partial charge in [0.15, 0.2) is 6.10 Å². The number of aliphatic hydroxyl groups is 1. The molecule has 1 aliphatic carbocycles. The summed E-state index contributed by atoms with van der Waals surface area (Å²) in [5.41, 5.74) is 1.99. The van der Waals surface area contributed by atoms with Crippen molar-refractivity contribution in [1.82, 2.24) is 0 Å². The van der Waals surface area contributed by atoms with Gasteiger partial charge in [-0.25, -0.2) is 4.79 Å². The Kier molecular flexibility index (Phi) is 2.36. The number of carboxylic acid groups (broad SMARTS) is 1. The van der Waals surface area contributed by atoms with E-state index in [9.17, 15) is 15.0 Å². The summed E-state index contributed by atoms with van der Waals surface area (Å²) >= 11 is 0. The molecule has 0 spiro atoms. The van der Waals surface area contributed by atoms with Gasteiger partial charge in [-0.3, -0.25) is 0 Å². The Morgan fingerprint density at radius 1 is 1.33 bits per heavy atom. The van der Waals surface area contributed by atoms with Gasteiger partial charge in [0.25, 0.3) is 0 Å². The van der Waals surface area contributed by atoms with Gasteiger partial charge in [-0.05, 0) is 36.5 Å². The molecule has 0 amide bonds. The van der Waals surface area contributed by atoms with E-state index in [2.05, 4.69) is 0 Å². The molecule has 0 fully saturated rings. The van der Waals surface area contributed by atoms with Crippen molar-refractivity contribution in [2.24, 2.45) is 0 Å². The van der Waals surface area contributed by atoms with Crippen molar-refractivity contribution < 1.29 is 20.1 Å². The van der Waals surface area contributed by atoms with Crippen LogP contribution in [0.3, 0.4) is 0 Å². The molecule has 4 nitrogen and oxygen atoms in total. The van der Waals surface area contributed by atoms with Crippen molar-refractivity contribution in [1.29, 1.82) is 0 Å². The van der Waals surface area contributed by atoms with Gasteiger partial charge in [0.2, 0.25) is 0 Å². The molecular weight excluding hydrogens is 196 g/mol. The van der Waals surface area contributed by atoms with E-state index in [1.165, 1.54) is 6.07 Å². The molecule has 2 rings (SSSR count). The molecule has 1 aliphatic rings. The van der Waals surface area contributed by atoms with E-state index in [0.717, 1.165) is 30.4 Å². The highest BCUT2D eigenvalue weighted by atomic mass is 16.4. The standard InChI is InChI=1S/C11H12O4/c12-8-5-4-6-2-1-3-7(6)9(8)10(13)11(14)15/h4-5,10,12-13H,1-3H2,(H,14,15). The summed E-state index contributed by atoms with van der Waals surface area (Å²) < 4.78 is 0. The molecule has 0 saturated heterocycles. The van der Waals surface area contributed by atoms with Crippen molar-refractivity contribution in [2.75, 3.05) is 0 Å². The van der Waals surface area contributed by atoms with Crippen molar-refractivity contribution in [3.63, 3.8) is 0 Å². The normalized spacial score (nSPS) is 16.1. The number of aryl methyl sites for hydroxylation is 1. The molecule has 0 bridgehead atoms. The van der Waals surface area contributed by atoms with Crippen LogP contribution in [0.25, 0.3) is 0 Å². The smallest absolute Gasteiger partial charge is 0.337 e. The number of hydrogen-bond acceptors (Lipinski definition) is 3. The maximum atomic E-state index is 10.7. The van der Waals surface area contributed by atoms with Crippen LogP contribution in [-0.4, -0.2) is 21.3 Å². The number of carbonyl (C=O) groups is 1. The summed E-state index contributed by atoms with van der Waals surface area (Å²) in [5, 5.41) is 27.8. The van der Waals surface area contributed by atoms with E-state index in [4.69, 9.17) is 5.11 Å². The van der Waals surface area contributed by atoms with Crippen molar-refractivity contribution in [3.8, 4) is 5.75 Å². The maximum Gasteiger partial charge on any atom is 0.337 e. The average molecular weight is 208 g/mol. The SMILES string of the molecule is O=C(O)C(O)c1c(O)ccc2c1CCC2. The third kappa shape index (κ3) is 1.57. The van der Waals surface area contributed by atoms with E-state index >= 15 is 0 Å². The Morgan fingerprint density at radius 2 is 2.07 bits per heavy atom. The summed E-state index contributed by atoms with van der Waals surface area (Å²) in [6, 6.07) is 3.24. The minimum absolute atomic E-state index is 0.134. The molecule has 4 heteroatoms. The molecule has 3 N–H and O–H groups in total. The van der Waals surface area contributed by atoms with Gasteiger partial charge >= 0.3 is 5.97 Å². The molecule has 80 valence electrons. The topological polar surface area (TPSA) is 77.8 Å². The molecular formula is C11H12O4. The van der Waals surface area contributed by atoms with Gasteiger partial charge < -0.3 is 15.3 Å². The highest BCUT2D eigenvalue weighted by Crippen LogP contribution is 2.35. The fourth-order valence-electron chi connectivity index (χ4n) is 2.11. The first-order valence-electron chi connectivity index (χ1n) is 4.85. The highest BCUT2D eigenvalue weighted by Gasteiger charge is 2.26. The zero-order valence-corrected chi connectivity index (χ0v) is 8.10. The summed E-state index contributed by atoms with van der Waals surface area (Å²) in [6.45, 7) is 0. The molecule has 1 aromatic carbocycles. The van der Waals surface area contributed by atoms with Crippen LogP contribution in [0.4, 0.5) is 0 Å².